The first-order valence-electron chi connectivity index (χ1n) is 4.45. The molecule has 0 bridgehead atoms. The highest BCUT2D eigenvalue weighted by Crippen LogP contribution is 2.44. The topological polar surface area (TPSA) is 12.4 Å². The predicted molar refractivity (Wildman–Crippen MR) is 57.7 cm³/mol. The highest BCUT2D eigenvalue weighted by Gasteiger charge is 2.28. The van der Waals surface area contributed by atoms with E-state index in [1.54, 1.807) is 0 Å². The highest BCUT2D eigenvalue weighted by molar-refractivity contribution is 8.02. The normalized spacial score (nSPS) is 19.3. The molecule has 1 fully saturated rings. The molecular weight excluding hydrogens is 166 g/mol. The number of hydrogen-bond donors (Lipinski definition) is 0. The van der Waals surface area contributed by atoms with Crippen LogP contribution in [0.1, 0.15) is 26.7 Å². The van der Waals surface area contributed by atoms with Crippen molar-refractivity contribution in [1.29, 1.82) is 0 Å². The fraction of sp³-hybridized carbons (Fsp3) is 0.700. The van der Waals surface area contributed by atoms with Crippen molar-refractivity contribution in [2.24, 2.45) is 16.8 Å². The Morgan fingerprint density at radius 3 is 2.33 bits per heavy atom. The van der Waals surface area contributed by atoms with Gasteiger partial charge in [-0.05, 0) is 37.7 Å². The number of rotatable bonds is 4. The maximum Gasteiger partial charge on any atom is 0.0519 e. The highest BCUT2D eigenvalue weighted by atomic mass is 32.2. The molecule has 0 aromatic rings. The Labute approximate surface area is 79.3 Å². The monoisotopic (exact) mass is 183 g/mol. The van der Waals surface area contributed by atoms with Gasteiger partial charge in [-0.2, -0.15) is 0 Å². The molecular formula is C10H17NS. The van der Waals surface area contributed by atoms with Gasteiger partial charge in [-0.3, -0.25) is 4.99 Å². The van der Waals surface area contributed by atoms with E-state index in [1.807, 2.05) is 11.8 Å². The molecule has 0 N–H and O–H groups in total. The second-order valence-electron chi connectivity index (χ2n) is 3.54. The maximum absolute atomic E-state index is 4.13. The van der Waals surface area contributed by atoms with Crippen molar-refractivity contribution in [1.82, 2.24) is 0 Å². The van der Waals surface area contributed by atoms with Crippen LogP contribution in [-0.2, 0) is 0 Å². The molecule has 68 valence electrons. The number of aliphatic imine (C=N–C) groups is 1. The second kappa shape index (κ2) is 4.13. The number of nitrogens with zero attached hydrogens (tertiary/aromatic N) is 1. The van der Waals surface area contributed by atoms with E-state index < -0.39 is 0 Å². The standard InChI is InChI=1S/C10H17NS/c1-7(2)9(11-3)10(12-4)8-5-6-8/h7-8H,3,5-6H2,1-2,4H3/b10-9-. The summed E-state index contributed by atoms with van der Waals surface area (Å²) >= 11 is 1.85. The van der Waals surface area contributed by atoms with Gasteiger partial charge in [0.15, 0.2) is 0 Å². The molecule has 1 aliphatic carbocycles. The Bertz CT molecular complexity index is 202. The van der Waals surface area contributed by atoms with Crippen LogP contribution in [0.4, 0.5) is 0 Å². The van der Waals surface area contributed by atoms with Crippen LogP contribution in [0.3, 0.4) is 0 Å². The molecule has 2 heteroatoms. The van der Waals surface area contributed by atoms with Crippen molar-refractivity contribution in [3.05, 3.63) is 10.6 Å². The van der Waals surface area contributed by atoms with E-state index in [1.165, 1.54) is 23.4 Å². The largest absolute Gasteiger partial charge is 0.268 e. The molecule has 1 saturated carbocycles. The Balaban J connectivity index is 2.84. The molecule has 0 unspecified atom stereocenters. The van der Waals surface area contributed by atoms with Gasteiger partial charge in [-0.15, -0.1) is 11.8 Å². The molecule has 0 aliphatic heterocycles. The van der Waals surface area contributed by atoms with E-state index >= 15 is 0 Å². The molecule has 0 aromatic heterocycles. The van der Waals surface area contributed by atoms with Crippen molar-refractivity contribution in [2.75, 3.05) is 6.26 Å². The Morgan fingerprint density at radius 1 is 1.50 bits per heavy atom. The average molecular weight is 183 g/mol. The summed E-state index contributed by atoms with van der Waals surface area (Å²) in [6.45, 7) is 8.01. The molecule has 1 nitrogen and oxygen atoms in total. The molecule has 0 radical (unpaired) electrons. The van der Waals surface area contributed by atoms with Gasteiger partial charge in [0.25, 0.3) is 0 Å². The summed E-state index contributed by atoms with van der Waals surface area (Å²) in [5.74, 6) is 1.33. The number of thioether (sulfide) groups is 1. The van der Waals surface area contributed by atoms with Crippen LogP contribution < -0.4 is 0 Å². The third-order valence-corrected chi connectivity index (χ3v) is 3.12. The van der Waals surface area contributed by atoms with E-state index in [0.717, 1.165) is 5.92 Å². The SMILES string of the molecule is C=N/C(=C(\SC)C1CC1)C(C)C. The molecule has 0 aromatic carbocycles. The van der Waals surface area contributed by atoms with Crippen LogP contribution in [0.2, 0.25) is 0 Å². The van der Waals surface area contributed by atoms with Gasteiger partial charge in [-0.1, -0.05) is 13.8 Å². The fourth-order valence-electron chi connectivity index (χ4n) is 1.37. The molecule has 0 atom stereocenters. The Hall–Kier alpha value is -0.240. The first-order valence-corrected chi connectivity index (χ1v) is 5.68. The van der Waals surface area contributed by atoms with Crippen molar-refractivity contribution in [2.45, 2.75) is 26.7 Å². The van der Waals surface area contributed by atoms with E-state index in [-0.39, 0.29) is 0 Å². The molecule has 12 heavy (non-hydrogen) atoms. The van der Waals surface area contributed by atoms with Gasteiger partial charge >= 0.3 is 0 Å². The lowest BCUT2D eigenvalue weighted by molar-refractivity contribution is 0.745. The molecule has 0 amide bonds. The number of hydrogen-bond acceptors (Lipinski definition) is 2. The van der Waals surface area contributed by atoms with Gasteiger partial charge in [0.05, 0.1) is 5.70 Å². The zero-order chi connectivity index (χ0) is 9.14. The summed E-state index contributed by atoms with van der Waals surface area (Å²) < 4.78 is 0. The molecule has 1 aliphatic rings. The average Bonchev–Trinajstić information content (AvgIpc) is 2.81. The van der Waals surface area contributed by atoms with Crippen LogP contribution in [-0.4, -0.2) is 13.0 Å². The third kappa shape index (κ3) is 2.13. The minimum absolute atomic E-state index is 0.519. The Kier molecular flexibility index (Phi) is 3.39. The summed E-state index contributed by atoms with van der Waals surface area (Å²) in [5.41, 5.74) is 1.21. The van der Waals surface area contributed by atoms with Gasteiger partial charge < -0.3 is 0 Å². The van der Waals surface area contributed by atoms with Crippen molar-refractivity contribution < 1.29 is 0 Å². The molecule has 0 spiro atoms. The van der Waals surface area contributed by atoms with Gasteiger partial charge in [0.1, 0.15) is 0 Å². The predicted octanol–water partition coefficient (Wildman–Crippen LogP) is 3.33. The number of allylic oxidation sites excluding steroid dienone is 2. The van der Waals surface area contributed by atoms with Crippen molar-refractivity contribution >= 4 is 18.5 Å². The summed E-state index contributed by atoms with van der Waals surface area (Å²) in [5, 5.41) is 0. The van der Waals surface area contributed by atoms with E-state index in [4.69, 9.17) is 0 Å². The smallest absolute Gasteiger partial charge is 0.0519 e. The zero-order valence-electron chi connectivity index (χ0n) is 8.13. The van der Waals surface area contributed by atoms with E-state index in [2.05, 4.69) is 31.8 Å². The molecule has 0 heterocycles. The maximum atomic E-state index is 4.13. The van der Waals surface area contributed by atoms with Crippen LogP contribution >= 0.6 is 11.8 Å². The molecule has 1 rings (SSSR count). The van der Waals surface area contributed by atoms with Gasteiger partial charge in [0.2, 0.25) is 0 Å². The summed E-state index contributed by atoms with van der Waals surface area (Å²) in [6.07, 6.45) is 4.84. The fourth-order valence-corrected chi connectivity index (χ4v) is 2.45. The van der Waals surface area contributed by atoms with E-state index in [0.29, 0.717) is 5.92 Å². The van der Waals surface area contributed by atoms with E-state index in [9.17, 15) is 0 Å². The third-order valence-electron chi connectivity index (χ3n) is 2.14. The minimum atomic E-state index is 0.519. The second-order valence-corrected chi connectivity index (χ2v) is 4.39. The summed E-state index contributed by atoms with van der Waals surface area (Å²) in [6, 6.07) is 0. The first kappa shape index (κ1) is 9.85. The molecule has 0 saturated heterocycles. The lowest BCUT2D eigenvalue weighted by Crippen LogP contribution is -1.96. The lowest BCUT2D eigenvalue weighted by atomic mass is 10.1. The van der Waals surface area contributed by atoms with Gasteiger partial charge in [-0.25, -0.2) is 0 Å². The first-order chi connectivity index (χ1) is 5.70. The Morgan fingerprint density at radius 2 is 2.08 bits per heavy atom. The van der Waals surface area contributed by atoms with Crippen molar-refractivity contribution in [3.8, 4) is 0 Å². The quantitative estimate of drug-likeness (QED) is 0.609. The van der Waals surface area contributed by atoms with Crippen LogP contribution in [0.15, 0.2) is 15.6 Å². The van der Waals surface area contributed by atoms with Crippen LogP contribution in [0, 0.1) is 11.8 Å². The summed E-state index contributed by atoms with van der Waals surface area (Å²) in [4.78, 5) is 5.60. The van der Waals surface area contributed by atoms with Crippen molar-refractivity contribution in [3.63, 3.8) is 0 Å². The van der Waals surface area contributed by atoms with Crippen LogP contribution in [0.5, 0.6) is 0 Å². The minimum Gasteiger partial charge on any atom is -0.268 e. The summed E-state index contributed by atoms with van der Waals surface area (Å²) in [7, 11) is 0. The lowest BCUT2D eigenvalue weighted by Gasteiger charge is -2.11. The zero-order valence-corrected chi connectivity index (χ0v) is 8.95. The van der Waals surface area contributed by atoms with Gasteiger partial charge in [0, 0.05) is 4.91 Å². The van der Waals surface area contributed by atoms with Crippen LogP contribution in [0.25, 0.3) is 0 Å².